The van der Waals surface area contributed by atoms with Crippen molar-refractivity contribution in [3.63, 3.8) is 0 Å². The minimum absolute atomic E-state index is 0. The Morgan fingerprint density at radius 1 is 1.46 bits per heavy atom. The molecule has 0 atom stereocenters. The van der Waals surface area contributed by atoms with Gasteiger partial charge in [-0.15, -0.1) is 0 Å². The predicted octanol–water partition coefficient (Wildman–Crippen LogP) is -2.49. The van der Waals surface area contributed by atoms with Crippen molar-refractivity contribution in [2.45, 2.75) is 12.8 Å². The van der Waals surface area contributed by atoms with E-state index < -0.39 is 5.97 Å². The van der Waals surface area contributed by atoms with Crippen LogP contribution in [-0.2, 0) is 11.2 Å². The van der Waals surface area contributed by atoms with E-state index in [1.165, 1.54) is 12.1 Å². The quantitative estimate of drug-likeness (QED) is 0.495. The number of aliphatic carboxylic acids is 1. The maximum absolute atomic E-state index is 12.5. The molecule has 0 amide bonds. The van der Waals surface area contributed by atoms with Crippen LogP contribution < -0.4 is 34.7 Å². The Labute approximate surface area is 98.1 Å². The molecule has 13 heavy (non-hydrogen) atoms. The average molecular weight is 190 g/mol. The zero-order valence-electron chi connectivity index (χ0n) is 7.42. The molecule has 0 aliphatic heterocycles. The van der Waals surface area contributed by atoms with Gasteiger partial charge in [0.1, 0.15) is 5.82 Å². The van der Waals surface area contributed by atoms with Gasteiger partial charge in [-0.2, -0.15) is 0 Å². The smallest absolute Gasteiger partial charge is 0.550 e. The molecule has 0 unspecified atom stereocenters. The van der Waals surface area contributed by atoms with E-state index in [0.29, 0.717) is 12.0 Å². The van der Waals surface area contributed by atoms with Crippen LogP contribution in [-0.4, -0.2) is 5.97 Å². The van der Waals surface area contributed by atoms with Crippen molar-refractivity contribution in [1.82, 2.24) is 0 Å². The molecule has 0 saturated heterocycles. The van der Waals surface area contributed by atoms with Gasteiger partial charge in [-0.25, -0.2) is 4.39 Å². The number of benzene rings is 1. The molecular weight excluding hydrogens is 182 g/mol. The summed E-state index contributed by atoms with van der Waals surface area (Å²) in [6.45, 7) is 0. The topological polar surface area (TPSA) is 40.1 Å². The summed E-state index contributed by atoms with van der Waals surface area (Å²) < 4.78 is 12.5. The van der Waals surface area contributed by atoms with Gasteiger partial charge in [0.2, 0.25) is 0 Å². The third-order valence-corrected chi connectivity index (χ3v) is 1.51. The van der Waals surface area contributed by atoms with Crippen molar-refractivity contribution < 1.29 is 43.8 Å². The molecule has 1 aromatic carbocycles. The molecule has 64 valence electrons. The Hall–Kier alpha value is -0.380. The van der Waals surface area contributed by atoms with Crippen LogP contribution in [0.2, 0.25) is 0 Å². The van der Waals surface area contributed by atoms with Gasteiger partial charge in [0.25, 0.3) is 0 Å². The fourth-order valence-corrected chi connectivity index (χ4v) is 0.939. The number of carboxylic acid groups (broad SMARTS) is 1. The second-order valence-electron chi connectivity index (χ2n) is 2.50. The maximum atomic E-state index is 12.5. The molecule has 0 bridgehead atoms. The molecule has 1 aromatic rings. The average Bonchev–Trinajstić information content (AvgIpc) is 2.01. The Balaban J connectivity index is 0.00000144. The summed E-state index contributed by atoms with van der Waals surface area (Å²) in [6.07, 6.45) is 0.254. The van der Waals surface area contributed by atoms with Crippen molar-refractivity contribution in [2.24, 2.45) is 0 Å². The Morgan fingerprint density at radius 3 is 2.69 bits per heavy atom. The van der Waals surface area contributed by atoms with Gasteiger partial charge in [0.05, 0.1) is 0 Å². The third kappa shape index (κ3) is 5.03. The van der Waals surface area contributed by atoms with Crippen molar-refractivity contribution >= 4 is 5.97 Å². The molecule has 1 rings (SSSR count). The summed E-state index contributed by atoms with van der Waals surface area (Å²) in [4.78, 5) is 10.1. The number of carbonyl (C=O) groups excluding carboxylic acids is 1. The summed E-state index contributed by atoms with van der Waals surface area (Å²) >= 11 is 0. The van der Waals surface area contributed by atoms with Crippen molar-refractivity contribution in [2.75, 3.05) is 0 Å². The van der Waals surface area contributed by atoms with Gasteiger partial charge in [0, 0.05) is 5.97 Å². The second-order valence-corrected chi connectivity index (χ2v) is 2.50. The molecule has 0 fully saturated rings. The number of aryl methyl sites for hydroxylation is 1. The van der Waals surface area contributed by atoms with Crippen LogP contribution in [0.3, 0.4) is 0 Å². The summed E-state index contributed by atoms with van der Waals surface area (Å²) in [5.41, 5.74) is 0.680. The minimum atomic E-state index is -1.11. The van der Waals surface area contributed by atoms with Crippen LogP contribution in [0, 0.1) is 5.82 Å². The number of carbonyl (C=O) groups is 1. The number of halogens is 1. The van der Waals surface area contributed by atoms with E-state index in [1.807, 2.05) is 0 Å². The molecule has 4 heteroatoms. The van der Waals surface area contributed by atoms with Crippen molar-refractivity contribution in [3.05, 3.63) is 35.6 Å². The molecule has 0 radical (unpaired) electrons. The number of rotatable bonds is 3. The van der Waals surface area contributed by atoms with E-state index in [2.05, 4.69) is 0 Å². The van der Waals surface area contributed by atoms with E-state index in [1.54, 1.807) is 12.1 Å². The van der Waals surface area contributed by atoms with Crippen molar-refractivity contribution in [3.8, 4) is 0 Å². The zero-order chi connectivity index (χ0) is 8.97. The van der Waals surface area contributed by atoms with Gasteiger partial charge >= 0.3 is 29.6 Å². The van der Waals surface area contributed by atoms with Gasteiger partial charge < -0.3 is 9.90 Å². The first kappa shape index (κ1) is 12.6. The minimum Gasteiger partial charge on any atom is -0.550 e. The summed E-state index contributed by atoms with van der Waals surface area (Å²) in [5.74, 6) is -1.45. The summed E-state index contributed by atoms with van der Waals surface area (Å²) in [6, 6.07) is 5.89. The standard InChI is InChI=1S/C9H9FO2.Na/c10-8-3-1-2-7(6-8)4-5-9(11)12;/h1-3,6H,4-5H2,(H,11,12);/q;+1/p-1. The van der Waals surface area contributed by atoms with Crippen LogP contribution in [0.4, 0.5) is 4.39 Å². The molecule has 0 aromatic heterocycles. The molecular formula is C9H8FNaO2. The SMILES string of the molecule is O=C([O-])CCc1cccc(F)c1.[Na+]. The predicted molar refractivity (Wildman–Crippen MR) is 39.7 cm³/mol. The van der Waals surface area contributed by atoms with E-state index in [0.717, 1.165) is 0 Å². The molecule has 2 nitrogen and oxygen atoms in total. The molecule has 0 heterocycles. The zero-order valence-corrected chi connectivity index (χ0v) is 9.42. The molecule has 0 aliphatic carbocycles. The molecule has 0 aliphatic rings. The monoisotopic (exact) mass is 190 g/mol. The van der Waals surface area contributed by atoms with Gasteiger partial charge in [0.15, 0.2) is 0 Å². The van der Waals surface area contributed by atoms with Crippen molar-refractivity contribution in [1.29, 1.82) is 0 Å². The van der Waals surface area contributed by atoms with Gasteiger partial charge in [-0.3, -0.25) is 0 Å². The van der Waals surface area contributed by atoms with E-state index in [9.17, 15) is 14.3 Å². The number of carboxylic acids is 1. The van der Waals surface area contributed by atoms with Gasteiger partial charge in [-0.1, -0.05) is 12.1 Å². The van der Waals surface area contributed by atoms with Gasteiger partial charge in [-0.05, 0) is 30.5 Å². The van der Waals surface area contributed by atoms with Crippen LogP contribution in [0.15, 0.2) is 24.3 Å². The molecule has 0 saturated carbocycles. The molecule has 0 N–H and O–H groups in total. The second kappa shape index (κ2) is 6.13. The maximum Gasteiger partial charge on any atom is 1.00 e. The van der Waals surface area contributed by atoms with Crippen LogP contribution in [0.25, 0.3) is 0 Å². The Morgan fingerprint density at radius 2 is 2.15 bits per heavy atom. The van der Waals surface area contributed by atoms with E-state index >= 15 is 0 Å². The van der Waals surface area contributed by atoms with E-state index in [-0.39, 0.29) is 41.8 Å². The summed E-state index contributed by atoms with van der Waals surface area (Å²) in [5, 5.41) is 10.1. The first-order valence-corrected chi connectivity index (χ1v) is 3.63. The first-order chi connectivity index (χ1) is 5.68. The fraction of sp³-hybridized carbons (Fsp3) is 0.222. The fourth-order valence-electron chi connectivity index (χ4n) is 0.939. The molecule has 0 spiro atoms. The number of hydrogen-bond acceptors (Lipinski definition) is 2. The van der Waals surface area contributed by atoms with Crippen LogP contribution >= 0.6 is 0 Å². The van der Waals surface area contributed by atoms with E-state index in [4.69, 9.17) is 0 Å². The largest absolute Gasteiger partial charge is 1.00 e. The Bertz CT molecular complexity index is 289. The Kier molecular flexibility index (Phi) is 5.95. The first-order valence-electron chi connectivity index (χ1n) is 3.63. The summed E-state index contributed by atoms with van der Waals surface area (Å²) in [7, 11) is 0. The number of hydrogen-bond donors (Lipinski definition) is 0. The van der Waals surface area contributed by atoms with Crippen LogP contribution in [0.5, 0.6) is 0 Å². The third-order valence-electron chi connectivity index (χ3n) is 1.51. The van der Waals surface area contributed by atoms with Crippen LogP contribution in [0.1, 0.15) is 12.0 Å². The normalized spacial score (nSPS) is 9.00.